The van der Waals surface area contributed by atoms with E-state index in [-0.39, 0.29) is 16.9 Å². The van der Waals surface area contributed by atoms with Crippen LogP contribution in [0.2, 0.25) is 0 Å². The number of hydrogen-bond donors (Lipinski definition) is 2. The van der Waals surface area contributed by atoms with Gasteiger partial charge < -0.3 is 5.11 Å². The molecule has 7 heteroatoms. The van der Waals surface area contributed by atoms with E-state index in [0.717, 1.165) is 5.69 Å². The summed E-state index contributed by atoms with van der Waals surface area (Å²) in [4.78, 5) is 32.0. The molecule has 0 unspecified atom stereocenters. The van der Waals surface area contributed by atoms with Crippen LogP contribution in [-0.4, -0.2) is 27.0 Å². The van der Waals surface area contributed by atoms with Crippen molar-refractivity contribution in [3.8, 4) is 0 Å². The average molecular weight is 355 g/mol. The lowest BCUT2D eigenvalue weighted by molar-refractivity contribution is 0.0697. The summed E-state index contributed by atoms with van der Waals surface area (Å²) in [6.45, 7) is 6.17. The summed E-state index contributed by atoms with van der Waals surface area (Å²) in [6.07, 6.45) is 1.55. The minimum atomic E-state index is -0.995. The van der Waals surface area contributed by atoms with Gasteiger partial charge in [-0.15, -0.1) is 0 Å². The Kier molecular flexibility index (Phi) is 4.26. The van der Waals surface area contributed by atoms with Crippen LogP contribution in [0, 0.1) is 0 Å². The van der Waals surface area contributed by atoms with Gasteiger partial charge in [0.2, 0.25) is 0 Å². The van der Waals surface area contributed by atoms with Gasteiger partial charge >= 0.3 is 5.97 Å². The molecule has 0 fully saturated rings. The van der Waals surface area contributed by atoms with E-state index in [4.69, 9.17) is 5.11 Å². The van der Waals surface area contributed by atoms with Crippen molar-refractivity contribution in [1.82, 2.24) is 9.97 Å². The minimum Gasteiger partial charge on any atom is -0.478 e. The standard InChI is InChI=1S/C18H17N3O3S/c1-18(2,3)14-7-5-11(9-19-14)15(22)21-17-20-12-6-4-10(16(23)24)8-13(12)25-17/h4-9H,1-3H3,(H,23,24)(H,20,21,22). The third kappa shape index (κ3) is 3.66. The number of carbonyl (C=O) groups is 2. The maximum Gasteiger partial charge on any atom is 0.335 e. The Morgan fingerprint density at radius 2 is 1.84 bits per heavy atom. The van der Waals surface area contributed by atoms with Gasteiger partial charge in [0.15, 0.2) is 5.13 Å². The molecule has 0 saturated carbocycles. The number of aromatic nitrogens is 2. The van der Waals surface area contributed by atoms with Crippen molar-refractivity contribution in [2.24, 2.45) is 0 Å². The number of carbonyl (C=O) groups excluding carboxylic acids is 1. The van der Waals surface area contributed by atoms with Crippen molar-refractivity contribution in [3.05, 3.63) is 53.3 Å². The lowest BCUT2D eigenvalue weighted by atomic mass is 9.91. The third-order valence-corrected chi connectivity index (χ3v) is 4.58. The molecule has 1 amide bonds. The summed E-state index contributed by atoms with van der Waals surface area (Å²) in [5, 5.41) is 12.2. The van der Waals surface area contributed by atoms with Gasteiger partial charge in [-0.1, -0.05) is 32.1 Å². The van der Waals surface area contributed by atoms with Crippen LogP contribution in [-0.2, 0) is 5.41 Å². The summed E-state index contributed by atoms with van der Waals surface area (Å²) >= 11 is 1.23. The molecule has 0 atom stereocenters. The van der Waals surface area contributed by atoms with Gasteiger partial charge in [-0.3, -0.25) is 15.1 Å². The fraction of sp³-hybridized carbons (Fsp3) is 0.222. The zero-order valence-electron chi connectivity index (χ0n) is 14.0. The Balaban J connectivity index is 1.80. The first kappa shape index (κ1) is 17.0. The first-order chi connectivity index (χ1) is 11.7. The summed E-state index contributed by atoms with van der Waals surface area (Å²) in [6, 6.07) is 8.24. The monoisotopic (exact) mass is 355 g/mol. The first-order valence-corrected chi connectivity index (χ1v) is 8.47. The molecule has 3 rings (SSSR count). The lowest BCUT2D eigenvalue weighted by Gasteiger charge is -2.17. The van der Waals surface area contributed by atoms with E-state index in [1.54, 1.807) is 24.4 Å². The highest BCUT2D eigenvalue weighted by atomic mass is 32.1. The molecule has 0 spiro atoms. The molecule has 1 aromatic carbocycles. The van der Waals surface area contributed by atoms with Crippen LogP contribution in [0.15, 0.2) is 36.5 Å². The number of fused-ring (bicyclic) bond motifs is 1. The Morgan fingerprint density at radius 3 is 2.44 bits per heavy atom. The van der Waals surface area contributed by atoms with Crippen molar-refractivity contribution in [2.75, 3.05) is 5.32 Å². The van der Waals surface area contributed by atoms with Gasteiger partial charge in [0.1, 0.15) is 0 Å². The van der Waals surface area contributed by atoms with Crippen LogP contribution in [0.3, 0.4) is 0 Å². The predicted molar refractivity (Wildman–Crippen MR) is 97.5 cm³/mol. The van der Waals surface area contributed by atoms with Crippen molar-refractivity contribution in [2.45, 2.75) is 26.2 Å². The highest BCUT2D eigenvalue weighted by molar-refractivity contribution is 7.22. The number of benzene rings is 1. The Morgan fingerprint density at radius 1 is 1.12 bits per heavy atom. The number of rotatable bonds is 3. The fourth-order valence-corrected chi connectivity index (χ4v) is 3.15. The summed E-state index contributed by atoms with van der Waals surface area (Å²) < 4.78 is 0.705. The van der Waals surface area contributed by atoms with E-state index in [9.17, 15) is 9.59 Å². The molecule has 0 aliphatic heterocycles. The number of nitrogens with one attached hydrogen (secondary N) is 1. The van der Waals surface area contributed by atoms with Crippen LogP contribution in [0.1, 0.15) is 47.2 Å². The summed E-state index contributed by atoms with van der Waals surface area (Å²) in [5.41, 5.74) is 2.11. The maximum absolute atomic E-state index is 12.3. The number of carboxylic acids is 1. The zero-order chi connectivity index (χ0) is 18.2. The minimum absolute atomic E-state index is 0.0795. The Labute approximate surface area is 148 Å². The van der Waals surface area contributed by atoms with Crippen LogP contribution in [0.5, 0.6) is 0 Å². The number of anilines is 1. The van der Waals surface area contributed by atoms with E-state index in [2.05, 4.69) is 36.1 Å². The first-order valence-electron chi connectivity index (χ1n) is 7.66. The number of thiazole rings is 1. The third-order valence-electron chi connectivity index (χ3n) is 3.65. The quantitative estimate of drug-likeness (QED) is 0.742. The van der Waals surface area contributed by atoms with Gasteiger partial charge in [-0.05, 0) is 30.3 Å². The second kappa shape index (κ2) is 6.25. The van der Waals surface area contributed by atoms with Crippen LogP contribution < -0.4 is 5.32 Å². The molecule has 3 aromatic rings. The molecule has 2 heterocycles. The molecule has 2 aromatic heterocycles. The Hall–Kier alpha value is -2.80. The molecule has 2 N–H and O–H groups in total. The van der Waals surface area contributed by atoms with E-state index in [0.29, 0.717) is 20.9 Å². The molecular weight excluding hydrogens is 338 g/mol. The fourth-order valence-electron chi connectivity index (χ4n) is 2.25. The van der Waals surface area contributed by atoms with Crippen LogP contribution >= 0.6 is 11.3 Å². The zero-order valence-corrected chi connectivity index (χ0v) is 14.8. The van der Waals surface area contributed by atoms with Crippen molar-refractivity contribution < 1.29 is 14.7 Å². The van der Waals surface area contributed by atoms with E-state index in [1.807, 2.05) is 6.07 Å². The highest BCUT2D eigenvalue weighted by Gasteiger charge is 2.17. The summed E-state index contributed by atoms with van der Waals surface area (Å²) in [7, 11) is 0. The van der Waals surface area contributed by atoms with Crippen molar-refractivity contribution in [3.63, 3.8) is 0 Å². The van der Waals surface area contributed by atoms with Crippen LogP contribution in [0.25, 0.3) is 10.2 Å². The normalized spacial score (nSPS) is 11.5. The van der Waals surface area contributed by atoms with Gasteiger partial charge in [0, 0.05) is 17.3 Å². The molecule has 0 aliphatic rings. The van der Waals surface area contributed by atoms with Gasteiger partial charge in [-0.2, -0.15) is 0 Å². The molecular formula is C18H17N3O3S. The van der Waals surface area contributed by atoms with Crippen molar-refractivity contribution in [1.29, 1.82) is 0 Å². The van der Waals surface area contributed by atoms with E-state index in [1.165, 1.54) is 17.4 Å². The van der Waals surface area contributed by atoms with E-state index < -0.39 is 5.97 Å². The van der Waals surface area contributed by atoms with Crippen molar-refractivity contribution >= 4 is 38.6 Å². The van der Waals surface area contributed by atoms with Gasteiger partial charge in [-0.25, -0.2) is 9.78 Å². The number of hydrogen-bond acceptors (Lipinski definition) is 5. The molecule has 0 saturated heterocycles. The maximum atomic E-state index is 12.3. The van der Waals surface area contributed by atoms with E-state index >= 15 is 0 Å². The SMILES string of the molecule is CC(C)(C)c1ccc(C(=O)Nc2nc3ccc(C(=O)O)cc3s2)cn1. The summed E-state index contributed by atoms with van der Waals surface area (Å²) in [5.74, 6) is -1.30. The number of aromatic carboxylic acids is 1. The topological polar surface area (TPSA) is 92.2 Å². The highest BCUT2D eigenvalue weighted by Crippen LogP contribution is 2.27. The second-order valence-corrected chi connectivity index (χ2v) is 7.67. The largest absolute Gasteiger partial charge is 0.478 e. The average Bonchev–Trinajstić information content (AvgIpc) is 2.95. The number of nitrogens with zero attached hydrogens (tertiary/aromatic N) is 2. The number of pyridine rings is 1. The molecule has 128 valence electrons. The molecule has 0 aliphatic carbocycles. The molecule has 25 heavy (non-hydrogen) atoms. The van der Waals surface area contributed by atoms with Gasteiger partial charge in [0.25, 0.3) is 5.91 Å². The second-order valence-electron chi connectivity index (χ2n) is 6.64. The molecule has 0 bridgehead atoms. The van der Waals surface area contributed by atoms with Crippen LogP contribution in [0.4, 0.5) is 5.13 Å². The number of amides is 1. The van der Waals surface area contributed by atoms with Gasteiger partial charge in [0.05, 0.1) is 21.3 Å². The smallest absolute Gasteiger partial charge is 0.335 e. The molecule has 0 radical (unpaired) electrons. The lowest BCUT2D eigenvalue weighted by Crippen LogP contribution is -2.16. The predicted octanol–water partition coefficient (Wildman–Crippen LogP) is 3.94. The Bertz CT molecular complexity index is 956. The number of carboxylic acid groups (broad SMARTS) is 1. The molecule has 6 nitrogen and oxygen atoms in total.